The summed E-state index contributed by atoms with van der Waals surface area (Å²) in [5.74, 6) is 0.287. The Bertz CT molecular complexity index is 609. The zero-order valence-electron chi connectivity index (χ0n) is 11.5. The second kappa shape index (κ2) is 5.80. The van der Waals surface area contributed by atoms with E-state index in [4.69, 9.17) is 4.74 Å². The van der Waals surface area contributed by atoms with Gasteiger partial charge in [0.25, 0.3) is 0 Å². The molecule has 1 fully saturated rings. The molecule has 0 aliphatic heterocycles. The van der Waals surface area contributed by atoms with Crippen molar-refractivity contribution < 1.29 is 17.9 Å². The second-order valence-electron chi connectivity index (χ2n) is 4.80. The number of rotatable bonds is 6. The van der Waals surface area contributed by atoms with Gasteiger partial charge in [-0.2, -0.15) is 0 Å². The summed E-state index contributed by atoms with van der Waals surface area (Å²) in [6, 6.07) is 4.90. The maximum Gasteiger partial charge on any atom is 0.241 e. The summed E-state index contributed by atoms with van der Waals surface area (Å²) >= 11 is 0. The number of methoxy groups -OCH3 is 1. The number of hydrogen-bond acceptors (Lipinski definition) is 4. The lowest BCUT2D eigenvalue weighted by molar-refractivity contribution is -0.120. The molecule has 0 heterocycles. The quantitative estimate of drug-likeness (QED) is 0.804. The van der Waals surface area contributed by atoms with Gasteiger partial charge in [0.15, 0.2) is 0 Å². The number of hydrogen-bond donors (Lipinski definition) is 2. The smallest absolute Gasteiger partial charge is 0.241 e. The van der Waals surface area contributed by atoms with Crippen molar-refractivity contribution in [2.75, 3.05) is 13.7 Å². The Morgan fingerprint density at radius 2 is 2.10 bits per heavy atom. The third-order valence-corrected chi connectivity index (χ3v) is 4.60. The first-order chi connectivity index (χ1) is 9.42. The molecule has 6 nitrogen and oxygen atoms in total. The first-order valence-corrected chi connectivity index (χ1v) is 7.84. The van der Waals surface area contributed by atoms with Gasteiger partial charge in [-0.05, 0) is 43.5 Å². The summed E-state index contributed by atoms with van der Waals surface area (Å²) in [7, 11) is -2.18. The molecule has 1 aliphatic carbocycles. The van der Waals surface area contributed by atoms with E-state index in [9.17, 15) is 13.2 Å². The van der Waals surface area contributed by atoms with Gasteiger partial charge < -0.3 is 10.1 Å². The fourth-order valence-corrected chi connectivity index (χ4v) is 3.00. The number of carbonyl (C=O) groups excluding carboxylic acids is 1. The fourth-order valence-electron chi connectivity index (χ4n) is 1.80. The molecule has 1 aromatic rings. The van der Waals surface area contributed by atoms with E-state index in [2.05, 4.69) is 10.0 Å². The Morgan fingerprint density at radius 1 is 1.40 bits per heavy atom. The lowest BCUT2D eigenvalue weighted by Gasteiger charge is -2.10. The molecule has 0 spiro atoms. The summed E-state index contributed by atoms with van der Waals surface area (Å²) in [4.78, 5) is 11.6. The topological polar surface area (TPSA) is 84.5 Å². The van der Waals surface area contributed by atoms with Crippen LogP contribution in [-0.4, -0.2) is 34.0 Å². The summed E-state index contributed by atoms with van der Waals surface area (Å²) in [6.45, 7) is 1.44. The normalized spacial score (nSPS) is 14.9. The molecule has 0 radical (unpaired) electrons. The van der Waals surface area contributed by atoms with Crippen LogP contribution in [0.5, 0.6) is 5.75 Å². The maximum absolute atomic E-state index is 12.1. The molecule has 7 heteroatoms. The summed E-state index contributed by atoms with van der Waals surface area (Å²) < 4.78 is 31.6. The van der Waals surface area contributed by atoms with Crippen LogP contribution in [0.2, 0.25) is 0 Å². The third-order valence-electron chi connectivity index (χ3n) is 3.04. The Kier molecular flexibility index (Phi) is 4.29. The molecule has 0 atom stereocenters. The largest absolute Gasteiger partial charge is 0.497 e. The minimum absolute atomic E-state index is 0.150. The number of ether oxygens (including phenoxy) is 1. The van der Waals surface area contributed by atoms with Crippen LogP contribution in [-0.2, 0) is 14.8 Å². The predicted octanol–water partition coefficient (Wildman–Crippen LogP) is 0.561. The Labute approximate surface area is 118 Å². The van der Waals surface area contributed by atoms with E-state index in [0.29, 0.717) is 11.3 Å². The highest BCUT2D eigenvalue weighted by Gasteiger charge is 2.24. The molecule has 0 unspecified atom stereocenters. The van der Waals surface area contributed by atoms with Crippen LogP contribution in [0.3, 0.4) is 0 Å². The van der Waals surface area contributed by atoms with Crippen molar-refractivity contribution in [3.8, 4) is 5.75 Å². The Balaban J connectivity index is 2.03. The SMILES string of the molecule is COc1ccc(S(=O)(=O)NCC(=O)NC2CC2)c(C)c1. The molecule has 2 rings (SSSR count). The number of aryl methyl sites for hydroxylation is 1. The van der Waals surface area contributed by atoms with Crippen LogP contribution in [0.25, 0.3) is 0 Å². The van der Waals surface area contributed by atoms with Crippen molar-refractivity contribution in [3.05, 3.63) is 23.8 Å². The van der Waals surface area contributed by atoms with Gasteiger partial charge in [-0.1, -0.05) is 0 Å². The van der Waals surface area contributed by atoms with E-state index in [1.807, 2.05) is 0 Å². The number of amides is 1. The van der Waals surface area contributed by atoms with Crippen molar-refractivity contribution >= 4 is 15.9 Å². The van der Waals surface area contributed by atoms with Crippen LogP contribution in [0.1, 0.15) is 18.4 Å². The first-order valence-electron chi connectivity index (χ1n) is 6.36. The van der Waals surface area contributed by atoms with Gasteiger partial charge in [0.1, 0.15) is 5.75 Å². The minimum Gasteiger partial charge on any atom is -0.497 e. The summed E-state index contributed by atoms with van der Waals surface area (Å²) in [6.07, 6.45) is 1.94. The highest BCUT2D eigenvalue weighted by atomic mass is 32.2. The van der Waals surface area contributed by atoms with Gasteiger partial charge in [-0.25, -0.2) is 13.1 Å². The molecule has 1 saturated carbocycles. The van der Waals surface area contributed by atoms with Gasteiger partial charge >= 0.3 is 0 Å². The van der Waals surface area contributed by atoms with Crippen molar-refractivity contribution in [2.45, 2.75) is 30.7 Å². The number of nitrogens with one attached hydrogen (secondary N) is 2. The summed E-state index contributed by atoms with van der Waals surface area (Å²) in [5, 5.41) is 2.72. The zero-order chi connectivity index (χ0) is 14.8. The molecule has 0 aromatic heterocycles. The molecule has 0 bridgehead atoms. The fraction of sp³-hybridized carbons (Fsp3) is 0.462. The van der Waals surface area contributed by atoms with Gasteiger partial charge in [0.05, 0.1) is 18.6 Å². The first kappa shape index (κ1) is 14.8. The highest BCUT2D eigenvalue weighted by molar-refractivity contribution is 7.89. The van der Waals surface area contributed by atoms with Gasteiger partial charge in [-0.3, -0.25) is 4.79 Å². The maximum atomic E-state index is 12.1. The van der Waals surface area contributed by atoms with Crippen LogP contribution >= 0.6 is 0 Å². The average Bonchev–Trinajstić information content (AvgIpc) is 3.20. The lowest BCUT2D eigenvalue weighted by atomic mass is 10.2. The van der Waals surface area contributed by atoms with Gasteiger partial charge in [0, 0.05) is 6.04 Å². The molecule has 0 saturated heterocycles. The van der Waals surface area contributed by atoms with Gasteiger partial charge in [-0.15, -0.1) is 0 Å². The van der Waals surface area contributed by atoms with Crippen molar-refractivity contribution in [1.82, 2.24) is 10.0 Å². The summed E-state index contributed by atoms with van der Waals surface area (Å²) in [5.41, 5.74) is 0.569. The van der Waals surface area contributed by atoms with Crippen molar-refractivity contribution in [1.29, 1.82) is 0 Å². The lowest BCUT2D eigenvalue weighted by Crippen LogP contribution is -2.38. The number of sulfonamides is 1. The highest BCUT2D eigenvalue weighted by Crippen LogP contribution is 2.21. The van der Waals surface area contributed by atoms with E-state index in [1.165, 1.54) is 13.2 Å². The molecule has 1 amide bonds. The van der Waals surface area contributed by atoms with Crippen LogP contribution in [0, 0.1) is 6.92 Å². The van der Waals surface area contributed by atoms with E-state index in [1.54, 1.807) is 19.1 Å². The molecule has 20 heavy (non-hydrogen) atoms. The predicted molar refractivity (Wildman–Crippen MR) is 74.1 cm³/mol. The van der Waals surface area contributed by atoms with E-state index in [0.717, 1.165) is 12.8 Å². The molecule has 1 aromatic carbocycles. The monoisotopic (exact) mass is 298 g/mol. The van der Waals surface area contributed by atoms with Gasteiger partial charge in [0.2, 0.25) is 15.9 Å². The number of carbonyl (C=O) groups is 1. The standard InChI is InChI=1S/C13H18N2O4S/c1-9-7-11(19-2)5-6-12(9)20(17,18)14-8-13(16)15-10-3-4-10/h5-7,10,14H,3-4,8H2,1-2H3,(H,15,16). The van der Waals surface area contributed by atoms with Crippen LogP contribution in [0.15, 0.2) is 23.1 Å². The molecular formula is C13H18N2O4S. The van der Waals surface area contributed by atoms with Crippen LogP contribution < -0.4 is 14.8 Å². The average molecular weight is 298 g/mol. The second-order valence-corrected chi connectivity index (χ2v) is 6.53. The van der Waals surface area contributed by atoms with E-state index in [-0.39, 0.29) is 23.4 Å². The zero-order valence-corrected chi connectivity index (χ0v) is 12.3. The number of benzene rings is 1. The molecular weight excluding hydrogens is 280 g/mol. The van der Waals surface area contributed by atoms with E-state index < -0.39 is 10.0 Å². The third kappa shape index (κ3) is 3.71. The van der Waals surface area contributed by atoms with Crippen molar-refractivity contribution in [2.24, 2.45) is 0 Å². The molecule has 110 valence electrons. The molecule has 2 N–H and O–H groups in total. The molecule has 1 aliphatic rings. The van der Waals surface area contributed by atoms with E-state index >= 15 is 0 Å². The van der Waals surface area contributed by atoms with Crippen molar-refractivity contribution in [3.63, 3.8) is 0 Å². The Morgan fingerprint density at radius 3 is 2.65 bits per heavy atom. The Hall–Kier alpha value is -1.60. The van der Waals surface area contributed by atoms with Crippen LogP contribution in [0.4, 0.5) is 0 Å². The minimum atomic E-state index is -3.69.